The molecule has 0 saturated heterocycles. The lowest BCUT2D eigenvalue weighted by atomic mass is 10.0. The fourth-order valence-electron chi connectivity index (χ4n) is 4.20. The van der Waals surface area contributed by atoms with Crippen LogP contribution in [0.25, 0.3) is 44.6 Å². The number of benzene rings is 4. The van der Waals surface area contributed by atoms with Gasteiger partial charge < -0.3 is 9.15 Å². The molecule has 0 bridgehead atoms. The molecule has 0 atom stereocenters. The van der Waals surface area contributed by atoms with Gasteiger partial charge in [0.05, 0.1) is 5.69 Å². The zero-order chi connectivity index (χ0) is 25.9. The van der Waals surface area contributed by atoms with Crippen molar-refractivity contribution < 1.29 is 18.3 Å². The Labute approximate surface area is 216 Å². The number of rotatable bonds is 6. The van der Waals surface area contributed by atoms with Gasteiger partial charge >= 0.3 is 6.09 Å². The Morgan fingerprint density at radius 2 is 1.61 bits per heavy atom. The lowest BCUT2D eigenvalue weighted by molar-refractivity contribution is 0.147. The van der Waals surface area contributed by atoms with Crippen LogP contribution in [0.5, 0.6) is 0 Å². The molecule has 1 amide bonds. The predicted octanol–water partition coefficient (Wildman–Crippen LogP) is 6.83. The molecule has 0 aliphatic rings. The van der Waals surface area contributed by atoms with Crippen LogP contribution < -0.4 is 5.32 Å². The lowest BCUT2D eigenvalue weighted by Gasteiger charge is -2.11. The van der Waals surface area contributed by atoms with E-state index < -0.39 is 6.09 Å². The van der Waals surface area contributed by atoms with Crippen molar-refractivity contribution in [2.24, 2.45) is 0 Å². The van der Waals surface area contributed by atoms with E-state index in [9.17, 15) is 9.18 Å². The number of amides is 1. The smallest absolute Gasteiger partial charge is 0.412 e. The van der Waals surface area contributed by atoms with Crippen molar-refractivity contribution in [3.8, 4) is 33.6 Å². The van der Waals surface area contributed by atoms with Crippen molar-refractivity contribution in [3.63, 3.8) is 0 Å². The van der Waals surface area contributed by atoms with Crippen molar-refractivity contribution in [1.82, 2.24) is 20.6 Å². The molecular formula is C29H20FN5O3. The number of furan rings is 1. The molecule has 2 N–H and O–H groups in total. The molecular weight excluding hydrogens is 485 g/mol. The van der Waals surface area contributed by atoms with Crippen molar-refractivity contribution in [2.75, 3.05) is 5.32 Å². The third kappa shape index (κ3) is 4.85. The summed E-state index contributed by atoms with van der Waals surface area (Å²) in [6.07, 6.45) is -0.658. The Bertz CT molecular complexity index is 1720. The van der Waals surface area contributed by atoms with Crippen molar-refractivity contribution >= 4 is 22.7 Å². The highest BCUT2D eigenvalue weighted by Gasteiger charge is 2.15. The molecule has 38 heavy (non-hydrogen) atoms. The summed E-state index contributed by atoms with van der Waals surface area (Å²) in [5.41, 5.74) is 5.49. The first kappa shape index (κ1) is 23.1. The van der Waals surface area contributed by atoms with Crippen molar-refractivity contribution in [2.45, 2.75) is 6.61 Å². The van der Waals surface area contributed by atoms with E-state index >= 15 is 0 Å². The lowest BCUT2D eigenvalue weighted by Crippen LogP contribution is -2.14. The van der Waals surface area contributed by atoms with Gasteiger partial charge in [0.2, 0.25) is 5.82 Å². The summed E-state index contributed by atoms with van der Waals surface area (Å²) in [4.78, 5) is 12.7. The molecule has 2 heterocycles. The first-order chi connectivity index (χ1) is 18.6. The topological polar surface area (TPSA) is 106 Å². The maximum Gasteiger partial charge on any atom is 0.412 e. The number of anilines is 1. The van der Waals surface area contributed by atoms with Crippen LogP contribution in [0.15, 0.2) is 101 Å². The second kappa shape index (κ2) is 9.98. The van der Waals surface area contributed by atoms with E-state index in [-0.39, 0.29) is 12.4 Å². The fraction of sp³-hybridized carbons (Fsp3) is 0.0345. The molecule has 0 radical (unpaired) electrons. The number of aromatic nitrogens is 4. The third-order valence-corrected chi connectivity index (χ3v) is 6.04. The number of tetrazole rings is 1. The first-order valence-electron chi connectivity index (χ1n) is 11.8. The number of ether oxygens (including phenoxy) is 1. The monoisotopic (exact) mass is 505 g/mol. The zero-order valence-corrected chi connectivity index (χ0v) is 19.9. The molecule has 0 unspecified atom stereocenters. The molecule has 0 aliphatic carbocycles. The number of H-pyrrole nitrogens is 1. The minimum absolute atomic E-state index is 0.0635. The van der Waals surface area contributed by atoms with Gasteiger partial charge in [-0.05, 0) is 69.9 Å². The van der Waals surface area contributed by atoms with Gasteiger partial charge in [-0.15, -0.1) is 10.2 Å². The zero-order valence-electron chi connectivity index (χ0n) is 19.9. The van der Waals surface area contributed by atoms with Crippen molar-refractivity contribution in [1.29, 1.82) is 0 Å². The average Bonchev–Trinajstić information content (AvgIpc) is 3.63. The molecule has 8 nitrogen and oxygen atoms in total. The first-order valence-corrected chi connectivity index (χ1v) is 11.8. The Balaban J connectivity index is 1.17. The minimum atomic E-state index is -0.658. The largest absolute Gasteiger partial charge is 0.457 e. The Morgan fingerprint density at radius 3 is 2.39 bits per heavy atom. The number of nitrogens with one attached hydrogen (secondary N) is 2. The predicted molar refractivity (Wildman–Crippen MR) is 140 cm³/mol. The van der Waals surface area contributed by atoms with Gasteiger partial charge in [0.25, 0.3) is 0 Å². The molecule has 2 aromatic heterocycles. The van der Waals surface area contributed by atoms with Gasteiger partial charge in [0.1, 0.15) is 17.2 Å². The molecule has 6 aromatic rings. The maximum absolute atomic E-state index is 13.3. The number of carbonyl (C=O) groups is 1. The molecule has 0 saturated carbocycles. The summed E-state index contributed by atoms with van der Waals surface area (Å²) in [6, 6.07) is 29.2. The van der Waals surface area contributed by atoms with Gasteiger partial charge in [0, 0.05) is 10.9 Å². The van der Waals surface area contributed by atoms with E-state index in [0.29, 0.717) is 28.4 Å². The second-order valence-corrected chi connectivity index (χ2v) is 8.54. The number of hydrogen-bond acceptors (Lipinski definition) is 6. The number of aromatic amines is 1. The molecule has 6 rings (SSSR count). The van der Waals surface area contributed by atoms with E-state index in [2.05, 4.69) is 25.9 Å². The van der Waals surface area contributed by atoms with Gasteiger partial charge in [-0.1, -0.05) is 54.6 Å². The molecule has 4 aromatic carbocycles. The molecule has 0 aliphatic heterocycles. The summed E-state index contributed by atoms with van der Waals surface area (Å²) < 4.78 is 24.5. The van der Waals surface area contributed by atoms with Crippen LogP contribution in [0.1, 0.15) is 5.76 Å². The summed E-state index contributed by atoms with van der Waals surface area (Å²) in [5, 5.41) is 17.8. The maximum atomic E-state index is 13.3. The number of nitrogens with zero attached hydrogens (tertiary/aromatic N) is 3. The van der Waals surface area contributed by atoms with Crippen LogP contribution >= 0.6 is 0 Å². The Kier molecular flexibility index (Phi) is 6.07. The normalized spacial score (nSPS) is 11.0. The summed E-state index contributed by atoms with van der Waals surface area (Å²) in [7, 11) is 0. The van der Waals surface area contributed by atoms with Gasteiger partial charge in [0.15, 0.2) is 6.61 Å². The second-order valence-electron chi connectivity index (χ2n) is 8.54. The van der Waals surface area contributed by atoms with Gasteiger partial charge in [-0.2, -0.15) is 5.21 Å². The number of halogens is 1. The SMILES string of the molecule is O=C(Nc1ccc(-c2ccccc2)cc1-c1nn[nH]n1)OCc1cc2cc(-c3ccc(F)cc3)ccc2o1. The summed E-state index contributed by atoms with van der Waals surface area (Å²) in [6.45, 7) is -0.0635. The summed E-state index contributed by atoms with van der Waals surface area (Å²) in [5.74, 6) is 0.545. The van der Waals surface area contributed by atoms with E-state index in [1.165, 1.54) is 12.1 Å². The molecule has 9 heteroatoms. The average molecular weight is 506 g/mol. The fourth-order valence-corrected chi connectivity index (χ4v) is 4.20. The van der Waals surface area contributed by atoms with Crippen LogP contribution in [0.4, 0.5) is 14.9 Å². The molecule has 186 valence electrons. The quantitative estimate of drug-likeness (QED) is 0.257. The van der Waals surface area contributed by atoms with Gasteiger partial charge in [-0.25, -0.2) is 9.18 Å². The van der Waals surface area contributed by atoms with Crippen LogP contribution in [0.3, 0.4) is 0 Å². The van der Waals surface area contributed by atoms with E-state index in [1.807, 2.05) is 66.7 Å². The van der Waals surface area contributed by atoms with Crippen molar-refractivity contribution in [3.05, 3.63) is 109 Å². The Hall–Kier alpha value is -5.31. The number of fused-ring (bicyclic) bond motifs is 1. The van der Waals surface area contributed by atoms with E-state index in [1.54, 1.807) is 18.2 Å². The molecule has 0 fully saturated rings. The van der Waals surface area contributed by atoms with E-state index in [0.717, 1.165) is 27.6 Å². The van der Waals surface area contributed by atoms with E-state index in [4.69, 9.17) is 9.15 Å². The highest BCUT2D eigenvalue weighted by Crippen LogP contribution is 2.31. The highest BCUT2D eigenvalue weighted by atomic mass is 19.1. The van der Waals surface area contributed by atoms with Crippen LogP contribution in [-0.2, 0) is 11.3 Å². The number of hydrogen-bond donors (Lipinski definition) is 2. The van der Waals surface area contributed by atoms with Crippen LogP contribution in [0.2, 0.25) is 0 Å². The van der Waals surface area contributed by atoms with Gasteiger partial charge in [-0.3, -0.25) is 5.32 Å². The minimum Gasteiger partial charge on any atom is -0.457 e. The summed E-state index contributed by atoms with van der Waals surface area (Å²) >= 11 is 0. The van der Waals surface area contributed by atoms with Crippen LogP contribution in [0, 0.1) is 5.82 Å². The standard InChI is InChI=1S/C29H20FN5O3/c30-23-10-6-19(7-11-23)20-9-13-27-22(14-20)15-24(38-27)17-37-29(36)31-26-12-8-21(18-4-2-1-3-5-18)16-25(26)28-32-34-35-33-28/h1-16H,17H2,(H,31,36)(H,32,33,34,35). The highest BCUT2D eigenvalue weighted by molar-refractivity contribution is 5.92. The molecule has 0 spiro atoms. The Morgan fingerprint density at radius 1 is 0.868 bits per heavy atom. The number of carbonyl (C=O) groups excluding carboxylic acids is 1. The third-order valence-electron chi connectivity index (χ3n) is 6.04. The van der Waals surface area contributed by atoms with Crippen LogP contribution in [-0.4, -0.2) is 26.7 Å².